The molecule has 0 spiro atoms. The lowest BCUT2D eigenvalue weighted by atomic mass is 10.1. The fraction of sp³-hybridized carbons (Fsp3) is 0.333. The van der Waals surface area contributed by atoms with Gasteiger partial charge in [0.05, 0.1) is 5.69 Å². The topological polar surface area (TPSA) is 61.9 Å². The Morgan fingerprint density at radius 1 is 1.19 bits per heavy atom. The van der Waals surface area contributed by atoms with Gasteiger partial charge < -0.3 is 19.9 Å². The van der Waals surface area contributed by atoms with Crippen LogP contribution in [0, 0.1) is 6.92 Å². The van der Waals surface area contributed by atoms with E-state index >= 15 is 0 Å². The lowest BCUT2D eigenvalue weighted by molar-refractivity contribution is -0.125. The van der Waals surface area contributed by atoms with Crippen molar-refractivity contribution in [3.05, 3.63) is 53.6 Å². The fourth-order valence-electron chi connectivity index (χ4n) is 2.93. The van der Waals surface area contributed by atoms with E-state index in [2.05, 4.69) is 5.32 Å². The number of ether oxygens (including phenoxy) is 1. The summed E-state index contributed by atoms with van der Waals surface area (Å²) in [5.41, 5.74) is 3.06. The molecular weight excluding hydrogens is 342 g/mol. The van der Waals surface area contributed by atoms with Crippen LogP contribution in [0.25, 0.3) is 0 Å². The number of carbonyl (C=O) groups excluding carboxylic acids is 2. The molecule has 0 fully saturated rings. The van der Waals surface area contributed by atoms with Crippen LogP contribution in [-0.4, -0.2) is 50.0 Å². The molecule has 0 saturated heterocycles. The van der Waals surface area contributed by atoms with Crippen molar-refractivity contribution < 1.29 is 14.3 Å². The molecule has 1 atom stereocenters. The van der Waals surface area contributed by atoms with Crippen LogP contribution in [0.3, 0.4) is 0 Å². The second kappa shape index (κ2) is 7.80. The van der Waals surface area contributed by atoms with Crippen LogP contribution < -0.4 is 15.0 Å². The Morgan fingerprint density at radius 3 is 2.56 bits per heavy atom. The predicted molar refractivity (Wildman–Crippen MR) is 107 cm³/mol. The van der Waals surface area contributed by atoms with Crippen molar-refractivity contribution in [2.45, 2.75) is 20.0 Å². The van der Waals surface area contributed by atoms with Gasteiger partial charge in [-0.2, -0.15) is 0 Å². The molecule has 1 heterocycles. The second-order valence-corrected chi connectivity index (χ2v) is 7.06. The number of benzene rings is 2. The normalized spacial score (nSPS) is 16.1. The van der Waals surface area contributed by atoms with Gasteiger partial charge in [-0.3, -0.25) is 9.59 Å². The van der Waals surface area contributed by atoms with Gasteiger partial charge in [-0.1, -0.05) is 17.7 Å². The Hall–Kier alpha value is -2.86. The zero-order valence-electron chi connectivity index (χ0n) is 16.2. The molecule has 142 valence electrons. The lowest BCUT2D eigenvalue weighted by Gasteiger charge is -2.34. The lowest BCUT2D eigenvalue weighted by Crippen LogP contribution is -2.46. The van der Waals surface area contributed by atoms with Crippen LogP contribution in [0.1, 0.15) is 22.8 Å². The number of nitrogens with zero attached hydrogens (tertiary/aromatic N) is 2. The summed E-state index contributed by atoms with van der Waals surface area (Å²) < 4.78 is 5.77. The summed E-state index contributed by atoms with van der Waals surface area (Å²) in [6.07, 6.45) is -0.553. The molecule has 1 aliphatic heterocycles. The maximum Gasteiger partial charge on any atom is 0.267 e. The maximum absolute atomic E-state index is 12.5. The fourth-order valence-corrected chi connectivity index (χ4v) is 2.93. The third-order valence-electron chi connectivity index (χ3n) is 4.51. The summed E-state index contributed by atoms with van der Waals surface area (Å²) >= 11 is 0. The molecule has 27 heavy (non-hydrogen) atoms. The zero-order valence-corrected chi connectivity index (χ0v) is 16.2. The number of hydrogen-bond acceptors (Lipinski definition) is 4. The number of nitrogens with one attached hydrogen (secondary N) is 1. The third kappa shape index (κ3) is 4.28. The first-order chi connectivity index (χ1) is 12.8. The minimum atomic E-state index is -0.553. The molecule has 0 radical (unpaired) electrons. The quantitative estimate of drug-likeness (QED) is 0.883. The van der Waals surface area contributed by atoms with Gasteiger partial charge in [0.1, 0.15) is 5.75 Å². The molecule has 6 nitrogen and oxygen atoms in total. The average Bonchev–Trinajstić information content (AvgIpc) is 2.62. The van der Waals surface area contributed by atoms with E-state index < -0.39 is 6.10 Å². The highest BCUT2D eigenvalue weighted by Crippen LogP contribution is 2.36. The number of amides is 2. The van der Waals surface area contributed by atoms with E-state index in [-0.39, 0.29) is 11.8 Å². The Labute approximate surface area is 159 Å². The molecule has 0 saturated carbocycles. The Morgan fingerprint density at radius 2 is 1.89 bits per heavy atom. The van der Waals surface area contributed by atoms with Crippen molar-refractivity contribution in [3.63, 3.8) is 0 Å². The largest absolute Gasteiger partial charge is 0.479 e. The highest BCUT2D eigenvalue weighted by Gasteiger charge is 2.31. The number of aryl methyl sites for hydroxylation is 1. The summed E-state index contributed by atoms with van der Waals surface area (Å²) in [6, 6.07) is 12.8. The van der Waals surface area contributed by atoms with Crippen molar-refractivity contribution in [3.8, 4) is 5.75 Å². The number of anilines is 2. The molecule has 2 aromatic carbocycles. The van der Waals surface area contributed by atoms with Gasteiger partial charge in [-0.05, 0) is 52.2 Å². The SMILES string of the molecule is Cc1ccc(C(=O)Nc2ccc3c(c2)OC(C)C(=O)N3CCN(C)C)cc1. The number of likely N-dealkylation sites (N-methyl/N-ethyl adjacent to an activating group) is 1. The Bertz CT molecular complexity index is 846. The van der Waals surface area contributed by atoms with E-state index in [0.717, 1.165) is 17.8 Å². The van der Waals surface area contributed by atoms with Gasteiger partial charge in [-0.25, -0.2) is 0 Å². The highest BCUT2D eigenvalue weighted by atomic mass is 16.5. The molecule has 1 aliphatic rings. The van der Waals surface area contributed by atoms with Crippen molar-refractivity contribution in [2.24, 2.45) is 0 Å². The summed E-state index contributed by atoms with van der Waals surface area (Å²) in [5, 5.41) is 2.89. The summed E-state index contributed by atoms with van der Waals surface area (Å²) in [5.74, 6) is 0.364. The van der Waals surface area contributed by atoms with E-state index in [0.29, 0.717) is 23.5 Å². The predicted octanol–water partition coefficient (Wildman–Crippen LogP) is 2.92. The van der Waals surface area contributed by atoms with Crippen molar-refractivity contribution in [2.75, 3.05) is 37.4 Å². The minimum absolute atomic E-state index is 0.0548. The van der Waals surface area contributed by atoms with E-state index in [1.54, 1.807) is 36.1 Å². The third-order valence-corrected chi connectivity index (χ3v) is 4.51. The molecule has 3 rings (SSSR count). The number of fused-ring (bicyclic) bond motifs is 1. The zero-order chi connectivity index (χ0) is 19.6. The molecule has 0 aromatic heterocycles. The van der Waals surface area contributed by atoms with Crippen LogP contribution in [0.4, 0.5) is 11.4 Å². The summed E-state index contributed by atoms with van der Waals surface area (Å²) in [6.45, 7) is 5.06. The van der Waals surface area contributed by atoms with Crippen LogP contribution >= 0.6 is 0 Å². The minimum Gasteiger partial charge on any atom is -0.479 e. The number of rotatable bonds is 5. The van der Waals surface area contributed by atoms with Gasteiger partial charge in [0.25, 0.3) is 11.8 Å². The van der Waals surface area contributed by atoms with Crippen molar-refractivity contribution >= 4 is 23.2 Å². The maximum atomic E-state index is 12.5. The highest BCUT2D eigenvalue weighted by molar-refractivity contribution is 6.05. The van der Waals surface area contributed by atoms with E-state index in [9.17, 15) is 9.59 Å². The van der Waals surface area contributed by atoms with Gasteiger partial charge in [0, 0.05) is 30.4 Å². The van der Waals surface area contributed by atoms with E-state index in [4.69, 9.17) is 4.74 Å². The van der Waals surface area contributed by atoms with Crippen LogP contribution in [-0.2, 0) is 4.79 Å². The molecule has 1 N–H and O–H groups in total. The smallest absolute Gasteiger partial charge is 0.267 e. The van der Waals surface area contributed by atoms with Crippen molar-refractivity contribution in [1.29, 1.82) is 0 Å². The Kier molecular flexibility index (Phi) is 5.46. The first-order valence-corrected chi connectivity index (χ1v) is 9.00. The molecule has 6 heteroatoms. The molecule has 0 aliphatic carbocycles. The molecule has 1 unspecified atom stereocenters. The van der Waals surface area contributed by atoms with E-state index in [1.165, 1.54) is 0 Å². The molecule has 2 aromatic rings. The molecule has 0 bridgehead atoms. The van der Waals surface area contributed by atoms with Crippen LogP contribution in [0.2, 0.25) is 0 Å². The first-order valence-electron chi connectivity index (χ1n) is 9.00. The average molecular weight is 367 g/mol. The second-order valence-electron chi connectivity index (χ2n) is 7.06. The van der Waals surface area contributed by atoms with Gasteiger partial charge >= 0.3 is 0 Å². The number of carbonyl (C=O) groups is 2. The number of hydrogen-bond donors (Lipinski definition) is 1. The van der Waals surface area contributed by atoms with Gasteiger partial charge in [0.2, 0.25) is 0 Å². The van der Waals surface area contributed by atoms with E-state index in [1.807, 2.05) is 44.1 Å². The summed E-state index contributed by atoms with van der Waals surface area (Å²) in [7, 11) is 3.94. The van der Waals surface area contributed by atoms with Gasteiger partial charge in [0.15, 0.2) is 6.10 Å². The monoisotopic (exact) mass is 367 g/mol. The van der Waals surface area contributed by atoms with Crippen molar-refractivity contribution in [1.82, 2.24) is 4.90 Å². The molecule has 2 amide bonds. The first kappa shape index (κ1) is 18.9. The van der Waals surface area contributed by atoms with Gasteiger partial charge in [-0.15, -0.1) is 0 Å². The van der Waals surface area contributed by atoms with Crippen LogP contribution in [0.5, 0.6) is 5.75 Å². The van der Waals surface area contributed by atoms with Crippen LogP contribution in [0.15, 0.2) is 42.5 Å². The summed E-state index contributed by atoms with van der Waals surface area (Å²) in [4.78, 5) is 28.7. The Balaban J connectivity index is 1.81. The molecular formula is C21H25N3O3. The standard InChI is InChI=1S/C21H25N3O3/c1-14-5-7-16(8-6-14)20(25)22-17-9-10-18-19(13-17)27-15(2)21(26)24(18)12-11-23(3)4/h5-10,13,15H,11-12H2,1-4H3,(H,22,25).